The Morgan fingerprint density at radius 1 is 0.441 bits per heavy atom. The third-order valence-electron chi connectivity index (χ3n) is 9.71. The van der Waals surface area contributed by atoms with Gasteiger partial charge in [-0.3, -0.25) is 0 Å². The minimum absolute atomic E-state index is 0.304. The number of anilines is 6. The molecule has 6 aromatic rings. The monoisotopic (exact) mass is 784 g/mol. The summed E-state index contributed by atoms with van der Waals surface area (Å²) in [5, 5.41) is 0. The van der Waals surface area contributed by atoms with E-state index in [1.165, 1.54) is 34.4 Å². The molecule has 0 unspecified atom stereocenters. The first-order valence-corrected chi connectivity index (χ1v) is 20.2. The van der Waals surface area contributed by atoms with Crippen LogP contribution in [-0.2, 0) is 31.9 Å². The molecule has 7 heteroatoms. The maximum Gasteiger partial charge on any atom is 0.330 e. The van der Waals surface area contributed by atoms with Gasteiger partial charge in [0.25, 0.3) is 0 Å². The van der Waals surface area contributed by atoms with Crippen molar-refractivity contribution in [3.8, 4) is 11.5 Å². The van der Waals surface area contributed by atoms with Gasteiger partial charge < -0.3 is 24.0 Å². The van der Waals surface area contributed by atoms with E-state index in [1.54, 1.807) is 26.0 Å². The number of ether oxygens (including phenoxy) is 3. The van der Waals surface area contributed by atoms with E-state index in [2.05, 4.69) is 145 Å². The maximum absolute atomic E-state index is 11.6. The topological polar surface area (TPSA) is 68.3 Å². The first-order chi connectivity index (χ1) is 28.8. The Hall–Kier alpha value is -6.86. The molecule has 0 N–H and O–H groups in total. The number of hydrogen-bond donors (Lipinski definition) is 0. The number of allylic oxidation sites excluding steroid dienone is 2. The maximum atomic E-state index is 11.6. The van der Waals surface area contributed by atoms with E-state index < -0.39 is 0 Å². The highest BCUT2D eigenvalue weighted by molar-refractivity contribution is 5.82. The SMILES string of the molecule is CC=CC(=O)OCCCc1ccc(N(c2ccc(C)cc2)c2ccc(Oc3ccc(N(c4ccc(C)cc4)c4ccc(CCCOC(=O)C=CC)cc4)cc3)cc2)cc1. The van der Waals surface area contributed by atoms with Crippen molar-refractivity contribution in [1.82, 2.24) is 0 Å². The summed E-state index contributed by atoms with van der Waals surface area (Å²) in [6.45, 7) is 8.56. The first kappa shape index (κ1) is 41.8. The lowest BCUT2D eigenvalue weighted by Crippen LogP contribution is -2.10. The Bertz CT molecular complexity index is 2130. The minimum Gasteiger partial charge on any atom is -0.463 e. The molecule has 0 atom stereocenters. The third-order valence-corrected chi connectivity index (χ3v) is 9.71. The van der Waals surface area contributed by atoms with Crippen molar-refractivity contribution in [2.45, 2.75) is 53.4 Å². The molecule has 59 heavy (non-hydrogen) atoms. The molecular formula is C52H52N2O5. The van der Waals surface area contributed by atoms with Gasteiger partial charge >= 0.3 is 11.9 Å². The van der Waals surface area contributed by atoms with Crippen LogP contribution in [0.2, 0.25) is 0 Å². The number of hydrogen-bond acceptors (Lipinski definition) is 7. The van der Waals surface area contributed by atoms with Gasteiger partial charge in [0.2, 0.25) is 0 Å². The van der Waals surface area contributed by atoms with Crippen LogP contribution in [-0.4, -0.2) is 25.2 Å². The Kier molecular flexibility index (Phi) is 14.9. The van der Waals surface area contributed by atoms with Crippen molar-refractivity contribution in [2.24, 2.45) is 0 Å². The van der Waals surface area contributed by atoms with Gasteiger partial charge in [0.05, 0.1) is 13.2 Å². The highest BCUT2D eigenvalue weighted by atomic mass is 16.5. The summed E-state index contributed by atoms with van der Waals surface area (Å²) < 4.78 is 16.9. The molecule has 7 nitrogen and oxygen atoms in total. The lowest BCUT2D eigenvalue weighted by atomic mass is 10.1. The molecule has 0 amide bonds. The summed E-state index contributed by atoms with van der Waals surface area (Å²) in [6.07, 6.45) is 9.40. The third kappa shape index (κ3) is 12.1. The summed E-state index contributed by atoms with van der Waals surface area (Å²) in [4.78, 5) is 27.7. The molecule has 0 aromatic heterocycles. The summed E-state index contributed by atoms with van der Waals surface area (Å²) in [7, 11) is 0. The molecular weight excluding hydrogens is 733 g/mol. The number of esters is 2. The predicted octanol–water partition coefficient (Wildman–Crippen LogP) is 13.1. The van der Waals surface area contributed by atoms with Crippen molar-refractivity contribution < 1.29 is 23.8 Å². The lowest BCUT2D eigenvalue weighted by Gasteiger charge is -2.26. The van der Waals surface area contributed by atoms with E-state index in [0.29, 0.717) is 13.2 Å². The fourth-order valence-corrected chi connectivity index (χ4v) is 6.63. The second kappa shape index (κ2) is 21.1. The Morgan fingerprint density at radius 3 is 1.03 bits per heavy atom. The van der Waals surface area contributed by atoms with Crippen LogP contribution in [0.5, 0.6) is 11.5 Å². The summed E-state index contributed by atoms with van der Waals surface area (Å²) >= 11 is 0. The number of benzene rings is 6. The second-order valence-electron chi connectivity index (χ2n) is 14.3. The zero-order chi connectivity index (χ0) is 41.4. The van der Waals surface area contributed by atoms with Crippen LogP contribution in [0.25, 0.3) is 0 Å². The molecule has 0 saturated carbocycles. The Balaban J connectivity index is 1.14. The average molecular weight is 785 g/mol. The molecule has 6 aromatic carbocycles. The van der Waals surface area contributed by atoms with Gasteiger partial charge in [-0.2, -0.15) is 0 Å². The van der Waals surface area contributed by atoms with E-state index in [4.69, 9.17) is 14.2 Å². The van der Waals surface area contributed by atoms with Crippen molar-refractivity contribution in [2.75, 3.05) is 23.0 Å². The first-order valence-electron chi connectivity index (χ1n) is 20.2. The van der Waals surface area contributed by atoms with Gasteiger partial charge in [0, 0.05) is 46.3 Å². The molecule has 0 bridgehead atoms. The van der Waals surface area contributed by atoms with Crippen LogP contribution < -0.4 is 14.5 Å². The van der Waals surface area contributed by atoms with Gasteiger partial charge in [0.1, 0.15) is 11.5 Å². The summed E-state index contributed by atoms with van der Waals surface area (Å²) in [5.41, 5.74) is 11.0. The van der Waals surface area contributed by atoms with E-state index in [0.717, 1.165) is 71.3 Å². The number of nitrogens with zero attached hydrogens (tertiary/aromatic N) is 2. The quantitative estimate of drug-likeness (QED) is 0.0488. The molecule has 0 aliphatic rings. The molecule has 300 valence electrons. The van der Waals surface area contributed by atoms with Gasteiger partial charge in [-0.15, -0.1) is 0 Å². The molecule has 0 aliphatic heterocycles. The fourth-order valence-electron chi connectivity index (χ4n) is 6.63. The number of carbonyl (C=O) groups is 2. The molecule has 0 fully saturated rings. The van der Waals surface area contributed by atoms with E-state index in [-0.39, 0.29) is 11.9 Å². The molecule has 0 radical (unpaired) electrons. The van der Waals surface area contributed by atoms with E-state index in [1.807, 2.05) is 24.3 Å². The van der Waals surface area contributed by atoms with Crippen molar-refractivity contribution in [3.63, 3.8) is 0 Å². The van der Waals surface area contributed by atoms with Crippen LogP contribution in [0.4, 0.5) is 34.1 Å². The van der Waals surface area contributed by atoms with Crippen LogP contribution in [0.15, 0.2) is 170 Å². The molecule has 0 heterocycles. The predicted molar refractivity (Wildman–Crippen MR) is 240 cm³/mol. The normalized spacial score (nSPS) is 11.1. The molecule has 6 rings (SSSR count). The number of carbonyl (C=O) groups excluding carboxylic acids is 2. The average Bonchev–Trinajstić information content (AvgIpc) is 3.25. The molecule has 0 saturated heterocycles. The molecule has 0 aliphatic carbocycles. The highest BCUT2D eigenvalue weighted by Gasteiger charge is 2.15. The van der Waals surface area contributed by atoms with E-state index in [9.17, 15) is 9.59 Å². The number of aryl methyl sites for hydroxylation is 4. The van der Waals surface area contributed by atoms with Crippen LogP contribution >= 0.6 is 0 Å². The van der Waals surface area contributed by atoms with Crippen LogP contribution in [0.1, 0.15) is 48.9 Å². The minimum atomic E-state index is -0.304. The van der Waals surface area contributed by atoms with Crippen LogP contribution in [0, 0.1) is 13.8 Å². The summed E-state index contributed by atoms with van der Waals surface area (Å²) in [6, 6.07) is 50.4. The standard InChI is InChI=1S/C52H52N2O5/c1-5-9-51(55)57-37-7-11-41-17-25-45(26-18-41)53(43-21-13-39(3)14-22-43)47-29-33-49(34-30-47)59-50-35-31-48(32-36-50)54(44-23-15-40(4)16-24-44)46-27-19-42(20-28-46)12-8-38-58-52(56)10-6-2/h5-6,9-10,13-36H,7-8,11-12,37-38H2,1-4H3. The van der Waals surface area contributed by atoms with Crippen molar-refractivity contribution >= 4 is 46.1 Å². The number of rotatable bonds is 18. The molecule has 0 spiro atoms. The fraction of sp³-hybridized carbons (Fsp3) is 0.192. The Morgan fingerprint density at radius 2 is 0.729 bits per heavy atom. The Labute approximate surface area is 348 Å². The smallest absolute Gasteiger partial charge is 0.330 e. The lowest BCUT2D eigenvalue weighted by molar-refractivity contribution is -0.138. The zero-order valence-corrected chi connectivity index (χ0v) is 34.3. The van der Waals surface area contributed by atoms with Crippen molar-refractivity contribution in [3.05, 3.63) is 192 Å². The van der Waals surface area contributed by atoms with Gasteiger partial charge in [0.15, 0.2) is 0 Å². The zero-order valence-electron chi connectivity index (χ0n) is 34.3. The van der Waals surface area contributed by atoms with Crippen LogP contribution in [0.3, 0.4) is 0 Å². The van der Waals surface area contributed by atoms with E-state index >= 15 is 0 Å². The largest absolute Gasteiger partial charge is 0.463 e. The van der Waals surface area contributed by atoms with Crippen molar-refractivity contribution in [1.29, 1.82) is 0 Å². The summed E-state index contributed by atoms with van der Waals surface area (Å²) in [5.74, 6) is 0.861. The second-order valence-corrected chi connectivity index (χ2v) is 14.3. The highest BCUT2D eigenvalue weighted by Crippen LogP contribution is 2.38. The van der Waals surface area contributed by atoms with Gasteiger partial charge in [-0.25, -0.2) is 9.59 Å². The van der Waals surface area contributed by atoms with Gasteiger partial charge in [-0.1, -0.05) is 71.8 Å². The van der Waals surface area contributed by atoms with Gasteiger partial charge in [-0.05, 0) is 162 Å².